The molecule has 31 heavy (non-hydrogen) atoms. The van der Waals surface area contributed by atoms with Crippen LogP contribution in [0.4, 0.5) is 5.82 Å². The third-order valence-corrected chi connectivity index (χ3v) is 6.33. The molecular formula is C24H31N5O2. The Kier molecular flexibility index (Phi) is 6.49. The van der Waals surface area contributed by atoms with Gasteiger partial charge >= 0.3 is 0 Å². The van der Waals surface area contributed by atoms with Gasteiger partial charge in [-0.2, -0.15) is 0 Å². The molecule has 0 radical (unpaired) electrons. The van der Waals surface area contributed by atoms with Crippen LogP contribution in [0.5, 0.6) is 0 Å². The Hall–Kier alpha value is -2.96. The number of nitrogens with zero attached hydrogens (tertiary/aromatic N) is 4. The summed E-state index contributed by atoms with van der Waals surface area (Å²) in [4.78, 5) is 38.3. The first-order chi connectivity index (χ1) is 15.1. The van der Waals surface area contributed by atoms with Crippen LogP contribution in [0.15, 0.2) is 30.3 Å². The molecule has 1 N–H and O–H groups in total. The summed E-state index contributed by atoms with van der Waals surface area (Å²) in [6.07, 6.45) is 4.87. The fourth-order valence-corrected chi connectivity index (χ4v) is 4.64. The van der Waals surface area contributed by atoms with E-state index in [4.69, 9.17) is 9.97 Å². The van der Waals surface area contributed by atoms with Gasteiger partial charge in [-0.3, -0.25) is 9.59 Å². The van der Waals surface area contributed by atoms with Crippen molar-refractivity contribution in [1.29, 1.82) is 0 Å². The van der Waals surface area contributed by atoms with E-state index in [1.165, 1.54) is 5.56 Å². The summed E-state index contributed by atoms with van der Waals surface area (Å²) in [7, 11) is 1.87. The highest BCUT2D eigenvalue weighted by Crippen LogP contribution is 2.33. The number of anilines is 1. The van der Waals surface area contributed by atoms with Gasteiger partial charge in [0.15, 0.2) is 5.82 Å². The van der Waals surface area contributed by atoms with Crippen LogP contribution in [-0.2, 0) is 29.0 Å². The predicted octanol–water partition coefficient (Wildman–Crippen LogP) is 3.11. The highest BCUT2D eigenvalue weighted by molar-refractivity contribution is 5.77. The van der Waals surface area contributed by atoms with Crippen LogP contribution in [0.25, 0.3) is 0 Å². The lowest BCUT2D eigenvalue weighted by molar-refractivity contribution is -0.132. The van der Waals surface area contributed by atoms with Crippen molar-refractivity contribution in [2.24, 2.45) is 0 Å². The van der Waals surface area contributed by atoms with Gasteiger partial charge in [-0.15, -0.1) is 0 Å². The number of hydrogen-bond donors (Lipinski definition) is 1. The van der Waals surface area contributed by atoms with Gasteiger partial charge < -0.3 is 15.1 Å². The van der Waals surface area contributed by atoms with Crippen LogP contribution >= 0.6 is 0 Å². The standard InChI is InChI=1S/C24H31N5O2/c1-17(30)28-15-13-19-20(16-28)26-24(27-23(19)25-2)21-11-7-14-29(21)22(31)12-6-10-18-8-4-3-5-9-18/h3-5,8-9,21H,6-7,10-16H2,1-2H3,(H,25,26,27). The minimum Gasteiger partial charge on any atom is -0.373 e. The molecule has 2 aromatic rings. The Bertz CT molecular complexity index is 946. The molecule has 1 fully saturated rings. The van der Waals surface area contributed by atoms with Gasteiger partial charge in [0, 0.05) is 39.0 Å². The maximum atomic E-state index is 13.0. The van der Waals surface area contributed by atoms with Crippen LogP contribution in [0.1, 0.15) is 61.3 Å². The van der Waals surface area contributed by atoms with Crippen LogP contribution in [0.3, 0.4) is 0 Å². The van der Waals surface area contributed by atoms with Gasteiger partial charge in [-0.1, -0.05) is 30.3 Å². The lowest BCUT2D eigenvalue weighted by Crippen LogP contribution is -2.36. The summed E-state index contributed by atoms with van der Waals surface area (Å²) >= 11 is 0. The minimum absolute atomic E-state index is 0.0629. The summed E-state index contributed by atoms with van der Waals surface area (Å²) in [6, 6.07) is 10.2. The second kappa shape index (κ2) is 9.45. The van der Waals surface area contributed by atoms with E-state index < -0.39 is 0 Å². The average Bonchev–Trinajstić information content (AvgIpc) is 3.28. The molecule has 164 valence electrons. The second-order valence-corrected chi connectivity index (χ2v) is 8.38. The first kappa shape index (κ1) is 21.3. The van der Waals surface area contributed by atoms with E-state index in [9.17, 15) is 9.59 Å². The molecule has 0 bridgehead atoms. The first-order valence-corrected chi connectivity index (χ1v) is 11.2. The molecule has 1 saturated heterocycles. The molecular weight excluding hydrogens is 390 g/mol. The Morgan fingerprint density at radius 3 is 2.71 bits per heavy atom. The van der Waals surface area contributed by atoms with Crippen molar-refractivity contribution in [1.82, 2.24) is 19.8 Å². The van der Waals surface area contributed by atoms with Crippen molar-refractivity contribution in [2.75, 3.05) is 25.5 Å². The molecule has 0 spiro atoms. The third kappa shape index (κ3) is 4.70. The lowest BCUT2D eigenvalue weighted by Gasteiger charge is -2.30. The van der Waals surface area contributed by atoms with E-state index in [1.807, 2.05) is 35.0 Å². The number of amides is 2. The molecule has 1 aromatic carbocycles. The second-order valence-electron chi connectivity index (χ2n) is 8.38. The number of benzene rings is 1. The van der Waals surface area contributed by atoms with Gasteiger partial charge in [-0.05, 0) is 37.7 Å². The monoisotopic (exact) mass is 421 g/mol. The lowest BCUT2D eigenvalue weighted by atomic mass is 10.0. The van der Waals surface area contributed by atoms with Crippen molar-refractivity contribution in [3.63, 3.8) is 0 Å². The number of rotatable bonds is 6. The Labute approximate surface area is 183 Å². The number of carbonyl (C=O) groups is 2. The zero-order chi connectivity index (χ0) is 21.8. The molecule has 1 unspecified atom stereocenters. The normalized spacial score (nSPS) is 18.1. The predicted molar refractivity (Wildman–Crippen MR) is 119 cm³/mol. The summed E-state index contributed by atoms with van der Waals surface area (Å²) in [5.74, 6) is 1.76. The summed E-state index contributed by atoms with van der Waals surface area (Å²) in [6.45, 7) is 3.55. The Balaban J connectivity index is 1.48. The number of fused-ring (bicyclic) bond motifs is 1. The molecule has 2 amide bonds. The fraction of sp³-hybridized carbons (Fsp3) is 0.500. The van der Waals surface area contributed by atoms with Gasteiger partial charge in [0.1, 0.15) is 5.82 Å². The molecule has 7 heteroatoms. The zero-order valence-electron chi connectivity index (χ0n) is 18.4. The molecule has 3 heterocycles. The number of aryl methyl sites for hydroxylation is 1. The van der Waals surface area contributed by atoms with Crippen LogP contribution in [0.2, 0.25) is 0 Å². The van der Waals surface area contributed by atoms with Crippen molar-refractivity contribution >= 4 is 17.6 Å². The van der Waals surface area contributed by atoms with Crippen molar-refractivity contribution in [3.05, 3.63) is 53.0 Å². The van der Waals surface area contributed by atoms with Crippen LogP contribution < -0.4 is 5.32 Å². The average molecular weight is 422 g/mol. The largest absolute Gasteiger partial charge is 0.373 e. The molecule has 1 aromatic heterocycles. The SMILES string of the molecule is CNc1nc(C2CCCN2C(=O)CCCc2ccccc2)nc2c1CCN(C(C)=O)C2. The molecule has 0 aliphatic carbocycles. The number of hydrogen-bond acceptors (Lipinski definition) is 5. The summed E-state index contributed by atoms with van der Waals surface area (Å²) in [5.41, 5.74) is 3.25. The number of likely N-dealkylation sites (tertiary alicyclic amines) is 1. The minimum atomic E-state index is -0.0886. The quantitative estimate of drug-likeness (QED) is 0.775. The van der Waals surface area contributed by atoms with Crippen molar-refractivity contribution in [3.8, 4) is 0 Å². The van der Waals surface area contributed by atoms with Crippen LogP contribution in [0, 0.1) is 0 Å². The molecule has 7 nitrogen and oxygen atoms in total. The Morgan fingerprint density at radius 1 is 1.16 bits per heavy atom. The van der Waals surface area contributed by atoms with E-state index in [1.54, 1.807) is 6.92 Å². The van der Waals surface area contributed by atoms with E-state index in [2.05, 4.69) is 17.4 Å². The van der Waals surface area contributed by atoms with E-state index >= 15 is 0 Å². The number of nitrogens with one attached hydrogen (secondary N) is 1. The van der Waals surface area contributed by atoms with Gasteiger partial charge in [0.05, 0.1) is 18.3 Å². The Morgan fingerprint density at radius 2 is 1.97 bits per heavy atom. The summed E-state index contributed by atoms with van der Waals surface area (Å²) in [5, 5.41) is 3.20. The summed E-state index contributed by atoms with van der Waals surface area (Å²) < 4.78 is 0. The van der Waals surface area contributed by atoms with Gasteiger partial charge in [-0.25, -0.2) is 9.97 Å². The smallest absolute Gasteiger partial charge is 0.223 e. The highest BCUT2D eigenvalue weighted by atomic mass is 16.2. The molecule has 2 aliphatic rings. The van der Waals surface area contributed by atoms with E-state index in [0.717, 1.165) is 55.7 Å². The topological polar surface area (TPSA) is 78.4 Å². The highest BCUT2D eigenvalue weighted by Gasteiger charge is 2.33. The maximum absolute atomic E-state index is 13.0. The zero-order valence-corrected chi connectivity index (χ0v) is 18.4. The molecule has 0 saturated carbocycles. The molecule has 2 aliphatic heterocycles. The third-order valence-electron chi connectivity index (χ3n) is 6.33. The van der Waals surface area contributed by atoms with Crippen molar-refractivity contribution in [2.45, 2.75) is 58.0 Å². The van der Waals surface area contributed by atoms with Crippen molar-refractivity contribution < 1.29 is 9.59 Å². The van der Waals surface area contributed by atoms with Gasteiger partial charge in [0.25, 0.3) is 0 Å². The van der Waals surface area contributed by atoms with Crippen LogP contribution in [-0.4, -0.2) is 51.7 Å². The number of carbonyl (C=O) groups excluding carboxylic acids is 2. The van der Waals surface area contributed by atoms with Gasteiger partial charge in [0.2, 0.25) is 11.8 Å². The van der Waals surface area contributed by atoms with E-state index in [0.29, 0.717) is 25.3 Å². The number of aromatic nitrogens is 2. The first-order valence-electron chi connectivity index (χ1n) is 11.2. The maximum Gasteiger partial charge on any atom is 0.223 e. The fourth-order valence-electron chi connectivity index (χ4n) is 4.64. The van der Waals surface area contributed by atoms with E-state index in [-0.39, 0.29) is 17.9 Å². The molecule has 4 rings (SSSR count). The molecule has 1 atom stereocenters.